The topological polar surface area (TPSA) is 82.4 Å². The molecule has 3 N–H and O–H groups in total. The Balaban J connectivity index is 1.46. The summed E-state index contributed by atoms with van der Waals surface area (Å²) in [6, 6.07) is 22.7. The minimum atomic E-state index is -0.169. The summed E-state index contributed by atoms with van der Waals surface area (Å²) in [7, 11) is 0. The predicted molar refractivity (Wildman–Crippen MR) is 153 cm³/mol. The van der Waals surface area contributed by atoms with E-state index in [1.807, 2.05) is 61.5 Å². The number of benzene rings is 2. The van der Waals surface area contributed by atoms with Crippen LogP contribution in [0.15, 0.2) is 79.0 Å². The number of nitrogens with zero attached hydrogens (tertiary/aromatic N) is 3. The third-order valence-corrected chi connectivity index (χ3v) is 7.36. The van der Waals surface area contributed by atoms with Crippen LogP contribution in [-0.4, -0.2) is 37.1 Å². The van der Waals surface area contributed by atoms with Gasteiger partial charge < -0.3 is 25.2 Å². The van der Waals surface area contributed by atoms with E-state index in [2.05, 4.69) is 45.0 Å². The van der Waals surface area contributed by atoms with Crippen LogP contribution in [-0.2, 0) is 4.79 Å². The van der Waals surface area contributed by atoms with E-state index in [0.29, 0.717) is 11.7 Å². The number of carbonyl (C=O) groups excluding carboxylic acids is 1. The number of carbonyl (C=O) groups is 1. The minimum Gasteiger partial charge on any atom is -0.508 e. The van der Waals surface area contributed by atoms with Crippen molar-refractivity contribution in [2.24, 2.45) is 0 Å². The third-order valence-electron chi connectivity index (χ3n) is 7.01. The normalized spacial score (nSPS) is 16.9. The molecule has 0 aliphatic carbocycles. The number of rotatable bonds is 7. The number of aromatic nitrogens is 2. The van der Waals surface area contributed by atoms with Crippen LogP contribution in [0, 0.1) is 20.8 Å². The first-order valence-electron chi connectivity index (χ1n) is 12.6. The van der Waals surface area contributed by atoms with Crippen LogP contribution >= 0.6 is 12.2 Å². The second kappa shape index (κ2) is 10.7. The minimum absolute atomic E-state index is 0.0637. The highest BCUT2D eigenvalue weighted by Gasteiger charge is 2.41. The number of hydrogen-bond acceptors (Lipinski definition) is 4. The first-order chi connectivity index (χ1) is 18.3. The molecule has 7 nitrogen and oxygen atoms in total. The van der Waals surface area contributed by atoms with Gasteiger partial charge in [0.2, 0.25) is 5.91 Å². The van der Waals surface area contributed by atoms with Crippen molar-refractivity contribution in [3.8, 4) is 11.4 Å². The van der Waals surface area contributed by atoms with E-state index >= 15 is 0 Å². The molecule has 1 saturated heterocycles. The highest BCUT2D eigenvalue weighted by atomic mass is 32.1. The molecule has 0 radical (unpaired) electrons. The zero-order valence-corrected chi connectivity index (χ0v) is 22.5. The van der Waals surface area contributed by atoms with Gasteiger partial charge in [0.15, 0.2) is 5.11 Å². The summed E-state index contributed by atoms with van der Waals surface area (Å²) in [4.78, 5) is 19.6. The molecule has 2 aromatic carbocycles. The lowest BCUT2D eigenvalue weighted by molar-refractivity contribution is -0.116. The van der Waals surface area contributed by atoms with Crippen LogP contribution < -0.4 is 10.6 Å². The Kier molecular flexibility index (Phi) is 7.15. The molecule has 1 fully saturated rings. The Morgan fingerprint density at radius 1 is 1.05 bits per heavy atom. The SMILES string of the molecule is Cc1ccc(NC(=O)CCN2C(=S)N[C@H](c3ccccn3)[C@H]2c2cc(C)n(-c3ccc(O)cc3)c2C)cc1. The number of nitrogens with one attached hydrogen (secondary N) is 2. The van der Waals surface area contributed by atoms with Crippen LogP contribution in [0.2, 0.25) is 0 Å². The van der Waals surface area contributed by atoms with Gasteiger partial charge in [-0.25, -0.2) is 0 Å². The Hall–Kier alpha value is -4.17. The van der Waals surface area contributed by atoms with E-state index in [-0.39, 0.29) is 30.2 Å². The van der Waals surface area contributed by atoms with Crippen LogP contribution in [0.25, 0.3) is 5.69 Å². The molecule has 1 amide bonds. The van der Waals surface area contributed by atoms with Gasteiger partial charge in [-0.05, 0) is 93.1 Å². The molecule has 0 saturated carbocycles. The fourth-order valence-corrected chi connectivity index (χ4v) is 5.49. The molecule has 4 aromatic rings. The van der Waals surface area contributed by atoms with Gasteiger partial charge >= 0.3 is 0 Å². The summed E-state index contributed by atoms with van der Waals surface area (Å²) in [6.45, 7) is 6.64. The van der Waals surface area contributed by atoms with Crippen LogP contribution in [0.5, 0.6) is 5.75 Å². The summed E-state index contributed by atoms with van der Waals surface area (Å²) in [6.07, 6.45) is 2.08. The molecule has 194 valence electrons. The lowest BCUT2D eigenvalue weighted by Gasteiger charge is -2.28. The molecule has 8 heteroatoms. The van der Waals surface area contributed by atoms with E-state index in [1.165, 1.54) is 0 Å². The second-order valence-corrected chi connectivity index (χ2v) is 10.0. The Labute approximate surface area is 228 Å². The predicted octanol–water partition coefficient (Wildman–Crippen LogP) is 5.50. The number of thiocarbonyl (C=S) groups is 1. The first-order valence-corrected chi connectivity index (χ1v) is 13.1. The van der Waals surface area contributed by atoms with Crippen molar-refractivity contribution in [2.75, 3.05) is 11.9 Å². The van der Waals surface area contributed by atoms with Crippen molar-refractivity contribution in [1.82, 2.24) is 19.8 Å². The van der Waals surface area contributed by atoms with Crippen LogP contribution in [0.3, 0.4) is 0 Å². The lowest BCUT2D eigenvalue weighted by atomic mass is 9.96. The number of hydrogen-bond donors (Lipinski definition) is 3. The van der Waals surface area contributed by atoms with Gasteiger partial charge in [0.25, 0.3) is 0 Å². The first kappa shape index (κ1) is 25.5. The molecule has 5 rings (SSSR count). The van der Waals surface area contributed by atoms with Gasteiger partial charge in [-0.1, -0.05) is 23.8 Å². The molecule has 0 unspecified atom stereocenters. The number of amides is 1. The summed E-state index contributed by atoms with van der Waals surface area (Å²) < 4.78 is 2.17. The molecule has 2 atom stereocenters. The maximum absolute atomic E-state index is 12.9. The Morgan fingerprint density at radius 3 is 2.47 bits per heavy atom. The maximum Gasteiger partial charge on any atom is 0.226 e. The molecule has 1 aliphatic heterocycles. The highest BCUT2D eigenvalue weighted by molar-refractivity contribution is 7.80. The summed E-state index contributed by atoms with van der Waals surface area (Å²) in [5.74, 6) is 0.165. The highest BCUT2D eigenvalue weighted by Crippen LogP contribution is 2.41. The fraction of sp³-hybridized carbons (Fsp3) is 0.233. The van der Waals surface area contributed by atoms with Gasteiger partial charge in [0, 0.05) is 41.9 Å². The lowest BCUT2D eigenvalue weighted by Crippen LogP contribution is -2.32. The van der Waals surface area contributed by atoms with E-state index in [9.17, 15) is 9.90 Å². The number of phenols is 1. The number of aryl methyl sites for hydroxylation is 2. The summed E-state index contributed by atoms with van der Waals surface area (Å²) in [5.41, 5.74) is 7.03. The molecular weight excluding hydrogens is 494 g/mol. The maximum atomic E-state index is 12.9. The van der Waals surface area contributed by atoms with E-state index < -0.39 is 0 Å². The smallest absolute Gasteiger partial charge is 0.226 e. The van der Waals surface area contributed by atoms with E-state index in [4.69, 9.17) is 12.2 Å². The molecule has 2 aromatic heterocycles. The monoisotopic (exact) mass is 525 g/mol. The van der Waals surface area contributed by atoms with Crippen molar-refractivity contribution >= 4 is 28.9 Å². The van der Waals surface area contributed by atoms with Gasteiger partial charge in [-0.15, -0.1) is 0 Å². The van der Waals surface area contributed by atoms with Crippen molar-refractivity contribution in [3.63, 3.8) is 0 Å². The summed E-state index contributed by atoms with van der Waals surface area (Å²) >= 11 is 5.80. The van der Waals surface area contributed by atoms with Crippen molar-refractivity contribution in [3.05, 3.63) is 107 Å². The van der Waals surface area contributed by atoms with Gasteiger partial charge in [-0.3, -0.25) is 9.78 Å². The summed E-state index contributed by atoms with van der Waals surface area (Å²) in [5, 5.41) is 16.8. The quantitative estimate of drug-likeness (QED) is 0.276. The average molecular weight is 526 g/mol. The van der Waals surface area contributed by atoms with Crippen molar-refractivity contribution < 1.29 is 9.90 Å². The zero-order chi connectivity index (χ0) is 26.8. The molecule has 38 heavy (non-hydrogen) atoms. The molecule has 0 bridgehead atoms. The van der Waals surface area contributed by atoms with Crippen LogP contribution in [0.4, 0.5) is 5.69 Å². The molecular formula is C30H31N5O2S. The largest absolute Gasteiger partial charge is 0.508 e. The standard InChI is InChI=1S/C30H31N5O2S/c1-19-7-9-22(10-8-19)32-27(37)15-17-34-29(28(33-30(34)38)26-6-4-5-16-31-26)25-18-20(2)35(21(25)3)23-11-13-24(36)14-12-23/h4-14,16,18,28-29,36H,15,17H2,1-3H3,(H,32,37)(H,33,38)/t28-,29-/m1/s1. The number of anilines is 1. The fourth-order valence-electron chi connectivity index (χ4n) is 5.15. The van der Waals surface area contributed by atoms with Crippen LogP contribution in [0.1, 0.15) is 46.7 Å². The Bertz CT molecular complexity index is 1450. The molecule has 0 spiro atoms. The van der Waals surface area contributed by atoms with Crippen molar-refractivity contribution in [1.29, 1.82) is 0 Å². The number of phenolic OH excluding ortho intramolecular Hbond substituents is 1. The van der Waals surface area contributed by atoms with Gasteiger partial charge in [0.1, 0.15) is 5.75 Å². The van der Waals surface area contributed by atoms with Gasteiger partial charge in [0.05, 0.1) is 17.8 Å². The van der Waals surface area contributed by atoms with E-state index in [0.717, 1.165) is 39.6 Å². The van der Waals surface area contributed by atoms with Gasteiger partial charge in [-0.2, -0.15) is 0 Å². The zero-order valence-electron chi connectivity index (χ0n) is 21.7. The Morgan fingerprint density at radius 2 is 1.79 bits per heavy atom. The van der Waals surface area contributed by atoms with E-state index in [1.54, 1.807) is 18.3 Å². The second-order valence-electron chi connectivity index (χ2n) is 9.66. The number of aromatic hydroxyl groups is 1. The molecule has 3 heterocycles. The number of pyridine rings is 1. The average Bonchev–Trinajstić information content (AvgIpc) is 3.39. The third kappa shape index (κ3) is 5.13. The molecule has 1 aliphatic rings. The van der Waals surface area contributed by atoms with Crippen molar-refractivity contribution in [2.45, 2.75) is 39.3 Å².